The molecule has 6 heteroatoms. The number of carbonyl (C=O) groups is 1. The van der Waals surface area contributed by atoms with Crippen LogP contribution in [-0.2, 0) is 13.0 Å². The fraction of sp³-hybridized carbons (Fsp3) is 0.524. The quantitative estimate of drug-likeness (QED) is 0.875. The van der Waals surface area contributed by atoms with E-state index in [1.54, 1.807) is 6.20 Å². The number of benzene rings is 1. The molecule has 0 spiro atoms. The zero-order valence-corrected chi connectivity index (χ0v) is 16.8. The molecule has 2 aliphatic heterocycles. The number of aromatic nitrogens is 2. The lowest BCUT2D eigenvalue weighted by Gasteiger charge is -2.21. The summed E-state index contributed by atoms with van der Waals surface area (Å²) in [5.41, 5.74) is 3.04. The Morgan fingerprint density at radius 3 is 2.44 bits per heavy atom. The maximum Gasteiger partial charge on any atom is 0.257 e. The van der Waals surface area contributed by atoms with Gasteiger partial charge in [-0.3, -0.25) is 9.48 Å². The average Bonchev–Trinajstić information content (AvgIpc) is 3.24. The number of halogens is 1. The standard InChI is InChI=1S/C21H28N4O.ClH/c1-2-20-19(14-23-25(20)15-16-6-4-3-5-7-16)21(26)24-10-8-17-12-22-13-18(17)9-11-24;/h3-7,14,17-18,22H,2,8-13,15H2,1H3;1H/t17-,18+;. The van der Waals surface area contributed by atoms with Crippen LogP contribution in [0.25, 0.3) is 0 Å². The molecule has 2 aromatic rings. The van der Waals surface area contributed by atoms with Gasteiger partial charge >= 0.3 is 0 Å². The van der Waals surface area contributed by atoms with Gasteiger partial charge in [-0.2, -0.15) is 5.10 Å². The number of hydrogen-bond acceptors (Lipinski definition) is 3. The van der Waals surface area contributed by atoms with E-state index in [-0.39, 0.29) is 18.3 Å². The highest BCUT2D eigenvalue weighted by molar-refractivity contribution is 5.95. The van der Waals surface area contributed by atoms with E-state index in [0.717, 1.165) is 68.5 Å². The van der Waals surface area contributed by atoms with Crippen molar-refractivity contribution in [3.05, 3.63) is 53.3 Å². The maximum absolute atomic E-state index is 13.2. The number of fused-ring (bicyclic) bond motifs is 1. The Kier molecular flexibility index (Phi) is 6.55. The van der Waals surface area contributed by atoms with Crippen LogP contribution >= 0.6 is 12.4 Å². The van der Waals surface area contributed by atoms with E-state index in [2.05, 4.69) is 34.4 Å². The summed E-state index contributed by atoms with van der Waals surface area (Å²) in [6.45, 7) is 6.79. The Labute approximate surface area is 167 Å². The second-order valence-electron chi connectivity index (χ2n) is 7.55. The van der Waals surface area contributed by atoms with Crippen molar-refractivity contribution in [2.75, 3.05) is 26.2 Å². The van der Waals surface area contributed by atoms with Gasteiger partial charge in [0.15, 0.2) is 0 Å². The average molecular weight is 389 g/mol. The second-order valence-corrected chi connectivity index (χ2v) is 7.55. The Bertz CT molecular complexity index is 747. The molecule has 1 aromatic carbocycles. The number of amides is 1. The summed E-state index contributed by atoms with van der Waals surface area (Å²) < 4.78 is 1.99. The van der Waals surface area contributed by atoms with Gasteiger partial charge in [0.2, 0.25) is 0 Å². The normalized spacial score (nSPS) is 22.0. The molecule has 1 aromatic heterocycles. The van der Waals surface area contributed by atoms with E-state index in [9.17, 15) is 4.79 Å². The Hall–Kier alpha value is -1.85. The molecule has 0 radical (unpaired) electrons. The van der Waals surface area contributed by atoms with Gasteiger partial charge in [-0.05, 0) is 49.8 Å². The SMILES string of the molecule is CCc1c(C(=O)N2CC[C@@H]3CNC[C@@H]3CC2)cnn1Cc1ccccc1.Cl. The van der Waals surface area contributed by atoms with Crippen LogP contribution in [0.5, 0.6) is 0 Å². The van der Waals surface area contributed by atoms with E-state index in [0.29, 0.717) is 6.54 Å². The van der Waals surface area contributed by atoms with Crippen molar-refractivity contribution in [1.82, 2.24) is 20.0 Å². The first-order valence-corrected chi connectivity index (χ1v) is 9.85. The zero-order chi connectivity index (χ0) is 17.9. The molecule has 2 fully saturated rings. The number of likely N-dealkylation sites (tertiary alicyclic amines) is 1. The van der Waals surface area contributed by atoms with Crippen molar-refractivity contribution in [3.63, 3.8) is 0 Å². The zero-order valence-electron chi connectivity index (χ0n) is 15.9. The summed E-state index contributed by atoms with van der Waals surface area (Å²) in [6.07, 6.45) is 4.82. The fourth-order valence-electron chi connectivity index (χ4n) is 4.45. The van der Waals surface area contributed by atoms with Crippen molar-refractivity contribution in [1.29, 1.82) is 0 Å². The van der Waals surface area contributed by atoms with Crippen molar-refractivity contribution < 1.29 is 4.79 Å². The molecule has 146 valence electrons. The first kappa shape index (κ1) is 19.9. The number of carbonyl (C=O) groups excluding carboxylic acids is 1. The van der Waals surface area contributed by atoms with Crippen LogP contribution in [0.15, 0.2) is 36.5 Å². The van der Waals surface area contributed by atoms with Crippen molar-refractivity contribution in [2.45, 2.75) is 32.7 Å². The van der Waals surface area contributed by atoms with E-state index >= 15 is 0 Å². The number of hydrogen-bond donors (Lipinski definition) is 1. The molecule has 0 saturated carbocycles. The van der Waals surface area contributed by atoms with Gasteiger partial charge in [0.25, 0.3) is 5.91 Å². The Morgan fingerprint density at radius 2 is 1.81 bits per heavy atom. The van der Waals surface area contributed by atoms with Crippen molar-refractivity contribution in [2.24, 2.45) is 11.8 Å². The number of nitrogens with zero attached hydrogens (tertiary/aromatic N) is 3. The molecule has 3 heterocycles. The first-order chi connectivity index (χ1) is 12.8. The lowest BCUT2D eigenvalue weighted by molar-refractivity contribution is 0.0757. The highest BCUT2D eigenvalue weighted by Gasteiger charge is 2.32. The molecule has 1 N–H and O–H groups in total. The summed E-state index contributed by atoms with van der Waals surface area (Å²) in [5.74, 6) is 1.63. The van der Waals surface area contributed by atoms with Crippen molar-refractivity contribution >= 4 is 18.3 Å². The highest BCUT2D eigenvalue weighted by Crippen LogP contribution is 2.28. The van der Waals surface area contributed by atoms with E-state index < -0.39 is 0 Å². The minimum absolute atomic E-state index is 0. The monoisotopic (exact) mass is 388 g/mol. The molecule has 5 nitrogen and oxygen atoms in total. The summed E-state index contributed by atoms with van der Waals surface area (Å²) in [7, 11) is 0. The third-order valence-corrected chi connectivity index (χ3v) is 6.00. The molecular formula is C21H29ClN4O. The molecule has 2 saturated heterocycles. The third kappa shape index (κ3) is 4.19. The maximum atomic E-state index is 13.2. The smallest absolute Gasteiger partial charge is 0.257 e. The predicted octanol–water partition coefficient (Wildman–Crippen LogP) is 2.99. The predicted molar refractivity (Wildman–Crippen MR) is 109 cm³/mol. The number of rotatable bonds is 4. The number of nitrogens with one attached hydrogen (secondary N) is 1. The molecule has 2 aliphatic rings. The van der Waals surface area contributed by atoms with E-state index in [1.807, 2.05) is 22.9 Å². The van der Waals surface area contributed by atoms with Gasteiger partial charge in [0.05, 0.1) is 24.0 Å². The van der Waals surface area contributed by atoms with Crippen LogP contribution in [0.1, 0.15) is 41.4 Å². The van der Waals surface area contributed by atoms with Gasteiger partial charge in [0.1, 0.15) is 0 Å². The first-order valence-electron chi connectivity index (χ1n) is 9.85. The summed E-state index contributed by atoms with van der Waals surface area (Å²) in [4.78, 5) is 15.2. The molecule has 27 heavy (non-hydrogen) atoms. The fourth-order valence-corrected chi connectivity index (χ4v) is 4.45. The lowest BCUT2D eigenvalue weighted by atomic mass is 9.92. The van der Waals surface area contributed by atoms with Crippen LogP contribution in [0.2, 0.25) is 0 Å². The van der Waals surface area contributed by atoms with Crippen LogP contribution in [0.4, 0.5) is 0 Å². The highest BCUT2D eigenvalue weighted by atomic mass is 35.5. The van der Waals surface area contributed by atoms with Gasteiger partial charge < -0.3 is 10.2 Å². The Balaban J connectivity index is 0.00000210. The largest absolute Gasteiger partial charge is 0.339 e. The molecule has 0 unspecified atom stereocenters. The van der Waals surface area contributed by atoms with Gasteiger partial charge in [0, 0.05) is 13.1 Å². The molecule has 1 amide bonds. The lowest BCUT2D eigenvalue weighted by Crippen LogP contribution is -2.33. The molecular weight excluding hydrogens is 360 g/mol. The van der Waals surface area contributed by atoms with E-state index in [4.69, 9.17) is 0 Å². The minimum Gasteiger partial charge on any atom is -0.339 e. The topological polar surface area (TPSA) is 50.2 Å². The van der Waals surface area contributed by atoms with Crippen LogP contribution in [0.3, 0.4) is 0 Å². The van der Waals surface area contributed by atoms with Gasteiger partial charge in [-0.1, -0.05) is 37.3 Å². The van der Waals surface area contributed by atoms with Crippen LogP contribution in [-0.4, -0.2) is 46.8 Å². The van der Waals surface area contributed by atoms with Crippen LogP contribution in [0, 0.1) is 11.8 Å². The minimum atomic E-state index is 0. The third-order valence-electron chi connectivity index (χ3n) is 6.00. The second kappa shape index (κ2) is 8.89. The van der Waals surface area contributed by atoms with E-state index in [1.165, 1.54) is 5.56 Å². The van der Waals surface area contributed by atoms with Crippen molar-refractivity contribution in [3.8, 4) is 0 Å². The Morgan fingerprint density at radius 1 is 1.15 bits per heavy atom. The summed E-state index contributed by atoms with van der Waals surface area (Å²) in [6, 6.07) is 10.3. The van der Waals surface area contributed by atoms with Gasteiger partial charge in [-0.15, -0.1) is 12.4 Å². The molecule has 0 bridgehead atoms. The molecule has 2 atom stereocenters. The summed E-state index contributed by atoms with van der Waals surface area (Å²) in [5, 5.41) is 8.03. The molecule has 4 rings (SSSR count). The molecule has 0 aliphatic carbocycles. The summed E-state index contributed by atoms with van der Waals surface area (Å²) >= 11 is 0. The van der Waals surface area contributed by atoms with Crippen LogP contribution < -0.4 is 5.32 Å². The van der Waals surface area contributed by atoms with Gasteiger partial charge in [-0.25, -0.2) is 0 Å².